The maximum atomic E-state index is 12.6. The van der Waals surface area contributed by atoms with Gasteiger partial charge in [-0.1, -0.05) is 6.07 Å². The molecule has 0 saturated carbocycles. The molecule has 0 saturated heterocycles. The number of amides is 2. The SMILES string of the molecule is C[n+]1c(-c2ccc(OCCOS(C)(=O)=O)cc2)c2cc(NC(=O)OC(C)(C)C)ccc2c2ccc(NC(=O)OC(C)(C)C)cc21. The number of aromatic nitrogens is 1. The predicted molar refractivity (Wildman–Crippen MR) is 174 cm³/mol. The molecule has 2 amide bonds. The van der Waals surface area contributed by atoms with Crippen molar-refractivity contribution in [2.75, 3.05) is 30.1 Å². The van der Waals surface area contributed by atoms with Gasteiger partial charge in [0.15, 0.2) is 0 Å². The minimum Gasteiger partial charge on any atom is -0.491 e. The van der Waals surface area contributed by atoms with Crippen molar-refractivity contribution in [2.45, 2.75) is 52.7 Å². The van der Waals surface area contributed by atoms with Gasteiger partial charge in [-0.15, -0.1) is 0 Å². The maximum absolute atomic E-state index is 12.6. The Labute approximate surface area is 263 Å². The number of benzene rings is 3. The molecule has 4 aromatic rings. The number of pyridine rings is 1. The molecule has 0 unspecified atom stereocenters. The van der Waals surface area contributed by atoms with Crippen molar-refractivity contribution in [1.29, 1.82) is 0 Å². The highest BCUT2D eigenvalue weighted by molar-refractivity contribution is 7.85. The number of carbonyl (C=O) groups is 2. The van der Waals surface area contributed by atoms with E-state index in [0.29, 0.717) is 17.1 Å². The lowest BCUT2D eigenvalue weighted by molar-refractivity contribution is -0.632. The molecule has 0 aliphatic rings. The highest BCUT2D eigenvalue weighted by atomic mass is 32.2. The van der Waals surface area contributed by atoms with Crippen molar-refractivity contribution >= 4 is 55.4 Å². The number of ether oxygens (including phenoxy) is 3. The first-order valence-electron chi connectivity index (χ1n) is 14.4. The number of fused-ring (bicyclic) bond motifs is 3. The van der Waals surface area contributed by atoms with Gasteiger partial charge in [0.1, 0.15) is 37.2 Å². The van der Waals surface area contributed by atoms with Gasteiger partial charge in [-0.25, -0.2) is 9.59 Å². The number of hydrogen-bond donors (Lipinski definition) is 2. The summed E-state index contributed by atoms with van der Waals surface area (Å²) >= 11 is 0. The summed E-state index contributed by atoms with van der Waals surface area (Å²) in [6.07, 6.45) is -0.130. The second-order valence-corrected chi connectivity index (χ2v) is 14.2. The minimum absolute atomic E-state index is 0.0617. The molecule has 4 rings (SSSR count). The van der Waals surface area contributed by atoms with Crippen LogP contribution in [-0.2, 0) is 30.8 Å². The molecule has 0 radical (unpaired) electrons. The summed E-state index contributed by atoms with van der Waals surface area (Å²) in [4.78, 5) is 25.1. The summed E-state index contributed by atoms with van der Waals surface area (Å²) in [7, 11) is -1.62. The number of nitrogens with one attached hydrogen (secondary N) is 2. The Morgan fingerprint density at radius 2 is 1.27 bits per heavy atom. The molecular weight excluding hydrogens is 598 g/mol. The van der Waals surface area contributed by atoms with Crippen molar-refractivity contribution in [3.05, 3.63) is 60.7 Å². The minimum atomic E-state index is -3.55. The summed E-state index contributed by atoms with van der Waals surface area (Å²) in [6, 6.07) is 18.6. The van der Waals surface area contributed by atoms with Crippen molar-refractivity contribution in [3.8, 4) is 17.0 Å². The van der Waals surface area contributed by atoms with E-state index < -0.39 is 33.5 Å². The molecule has 1 heterocycles. The zero-order valence-electron chi connectivity index (χ0n) is 26.8. The summed E-state index contributed by atoms with van der Waals surface area (Å²) in [5, 5.41) is 8.36. The van der Waals surface area contributed by atoms with E-state index in [4.69, 9.17) is 18.4 Å². The fourth-order valence-corrected chi connectivity index (χ4v) is 5.09. The monoisotopic (exact) mass is 638 g/mol. The van der Waals surface area contributed by atoms with Gasteiger partial charge in [-0.05, 0) is 90.1 Å². The first kappa shape index (κ1) is 33.5. The predicted octanol–water partition coefficient (Wildman–Crippen LogP) is 6.53. The summed E-state index contributed by atoms with van der Waals surface area (Å²) in [6.45, 7) is 10.8. The normalized spacial score (nSPS) is 12.2. The molecule has 12 heteroatoms. The second-order valence-electron chi connectivity index (χ2n) is 12.6. The van der Waals surface area contributed by atoms with Crippen molar-refractivity contribution in [1.82, 2.24) is 0 Å². The summed E-state index contributed by atoms with van der Waals surface area (Å²) in [5.74, 6) is 0.541. The van der Waals surface area contributed by atoms with Crippen LogP contribution in [0, 0.1) is 0 Å². The molecule has 0 bridgehead atoms. The molecule has 240 valence electrons. The molecule has 0 atom stereocenters. The molecule has 2 N–H and O–H groups in total. The quantitative estimate of drug-likeness (QED) is 0.0963. The number of anilines is 2. The molecule has 0 aliphatic heterocycles. The lowest BCUT2D eigenvalue weighted by Crippen LogP contribution is -2.33. The van der Waals surface area contributed by atoms with Crippen LogP contribution >= 0.6 is 0 Å². The Kier molecular flexibility index (Phi) is 9.59. The number of hydrogen-bond acceptors (Lipinski definition) is 8. The molecule has 1 aromatic heterocycles. The smallest absolute Gasteiger partial charge is 0.412 e. The third-order valence-corrected chi connectivity index (χ3v) is 6.92. The van der Waals surface area contributed by atoms with Crippen molar-refractivity contribution in [3.63, 3.8) is 0 Å². The Balaban J connectivity index is 1.78. The zero-order valence-corrected chi connectivity index (χ0v) is 27.6. The number of nitrogens with zero attached hydrogens (tertiary/aromatic N) is 1. The lowest BCUT2D eigenvalue weighted by atomic mass is 9.98. The van der Waals surface area contributed by atoms with Crippen LogP contribution < -0.4 is 19.9 Å². The Morgan fingerprint density at radius 1 is 0.733 bits per heavy atom. The molecule has 0 spiro atoms. The van der Waals surface area contributed by atoms with Gasteiger partial charge in [-0.2, -0.15) is 13.0 Å². The van der Waals surface area contributed by atoms with Gasteiger partial charge in [0.05, 0.1) is 22.7 Å². The van der Waals surface area contributed by atoms with Gasteiger partial charge in [0.2, 0.25) is 11.2 Å². The van der Waals surface area contributed by atoms with E-state index in [1.54, 1.807) is 53.7 Å². The van der Waals surface area contributed by atoms with Gasteiger partial charge >= 0.3 is 12.2 Å². The van der Waals surface area contributed by atoms with Crippen LogP contribution in [0.3, 0.4) is 0 Å². The molecule has 11 nitrogen and oxygen atoms in total. The Bertz CT molecular complexity index is 1840. The highest BCUT2D eigenvalue weighted by Crippen LogP contribution is 2.34. The average Bonchev–Trinajstić information content (AvgIpc) is 2.89. The first-order chi connectivity index (χ1) is 20.9. The number of aryl methyl sites for hydroxylation is 1. The van der Waals surface area contributed by atoms with E-state index in [1.807, 2.05) is 60.1 Å². The largest absolute Gasteiger partial charge is 0.491 e. The fourth-order valence-electron chi connectivity index (χ4n) is 4.71. The number of rotatable bonds is 8. The summed E-state index contributed by atoms with van der Waals surface area (Å²) < 4.78 is 45.7. The molecule has 0 aliphatic carbocycles. The van der Waals surface area contributed by atoms with Gasteiger partial charge in [0.25, 0.3) is 10.1 Å². The zero-order chi connectivity index (χ0) is 33.2. The highest BCUT2D eigenvalue weighted by Gasteiger charge is 2.24. The molecule has 0 fully saturated rings. The first-order valence-corrected chi connectivity index (χ1v) is 16.2. The van der Waals surface area contributed by atoms with Crippen LogP contribution in [0.4, 0.5) is 21.0 Å². The van der Waals surface area contributed by atoms with E-state index in [0.717, 1.165) is 39.2 Å². The van der Waals surface area contributed by atoms with Crippen LogP contribution in [-0.4, -0.2) is 51.3 Å². The van der Waals surface area contributed by atoms with E-state index in [-0.39, 0.29) is 13.2 Å². The van der Waals surface area contributed by atoms with Crippen molar-refractivity contribution < 1.29 is 41.0 Å². The molecular formula is C33H40N3O8S+. The van der Waals surface area contributed by atoms with Gasteiger partial charge < -0.3 is 14.2 Å². The summed E-state index contributed by atoms with van der Waals surface area (Å²) in [5.41, 5.74) is 2.37. The molecule has 3 aromatic carbocycles. The van der Waals surface area contributed by atoms with Crippen LogP contribution in [0.5, 0.6) is 5.75 Å². The molecule has 45 heavy (non-hydrogen) atoms. The van der Waals surface area contributed by atoms with Gasteiger partial charge in [0, 0.05) is 22.7 Å². The maximum Gasteiger partial charge on any atom is 0.412 e. The van der Waals surface area contributed by atoms with Crippen LogP contribution in [0.15, 0.2) is 60.7 Å². The van der Waals surface area contributed by atoms with Crippen LogP contribution in [0.25, 0.3) is 32.9 Å². The van der Waals surface area contributed by atoms with E-state index in [2.05, 4.69) is 10.6 Å². The fraction of sp³-hybridized carbons (Fsp3) is 0.364. The van der Waals surface area contributed by atoms with E-state index in [1.165, 1.54) is 0 Å². The van der Waals surface area contributed by atoms with Crippen molar-refractivity contribution in [2.24, 2.45) is 7.05 Å². The standard InChI is InChI=1S/C33H39N3O8S/c1-32(2,3)43-30(37)34-22-11-15-25-26-16-12-23(35-31(38)44-33(4,5)6)20-28(26)36(7)29(27(25)19-22)21-9-13-24(14-10-21)41-17-18-42-45(8,39)40/h9-16,19-20H,17-18H2,1-8H3,(H,34,37)/p+1. The van der Waals surface area contributed by atoms with E-state index >= 15 is 0 Å². The third kappa shape index (κ3) is 9.29. The lowest BCUT2D eigenvalue weighted by Gasteiger charge is -2.20. The second kappa shape index (κ2) is 12.9. The Hall–Kier alpha value is -4.42. The van der Waals surface area contributed by atoms with Gasteiger partial charge in [-0.3, -0.25) is 14.8 Å². The topological polar surface area (TPSA) is 133 Å². The van der Waals surface area contributed by atoms with Crippen LogP contribution in [0.1, 0.15) is 41.5 Å². The average molecular weight is 639 g/mol. The third-order valence-electron chi connectivity index (χ3n) is 6.33. The van der Waals surface area contributed by atoms with E-state index in [9.17, 15) is 18.0 Å². The number of carbonyl (C=O) groups excluding carboxylic acids is 2. The van der Waals surface area contributed by atoms with Crippen LogP contribution in [0.2, 0.25) is 0 Å². The Morgan fingerprint density at radius 3 is 1.80 bits per heavy atom.